The third kappa shape index (κ3) is 4.09. The van der Waals surface area contributed by atoms with Gasteiger partial charge in [0, 0.05) is 5.56 Å². The molecule has 1 atom stereocenters. The number of halogens is 2. The maximum absolute atomic E-state index is 13.6. The average Bonchev–Trinajstić information content (AvgIpc) is 2.57. The molecule has 136 valence electrons. The summed E-state index contributed by atoms with van der Waals surface area (Å²) < 4.78 is 18.9. The lowest BCUT2D eigenvalue weighted by atomic mass is 9.93. The number of benzene rings is 1. The number of carbonyl (C=O) groups excluding carboxylic acids is 1. The molecular formula is C16H21ClFN5O2. The Morgan fingerprint density at radius 2 is 2.04 bits per heavy atom. The normalized spacial score (nSPS) is 20.5. The number of nitrogens with zero attached hydrogens (tertiary/aromatic N) is 2. The van der Waals surface area contributed by atoms with E-state index in [0.29, 0.717) is 12.2 Å². The quantitative estimate of drug-likeness (QED) is 0.235. The van der Waals surface area contributed by atoms with Crippen molar-refractivity contribution in [3.63, 3.8) is 0 Å². The first-order chi connectivity index (χ1) is 11.6. The van der Waals surface area contributed by atoms with Crippen molar-refractivity contribution in [2.75, 3.05) is 6.61 Å². The van der Waals surface area contributed by atoms with Gasteiger partial charge < -0.3 is 16.2 Å². The molecule has 9 heteroatoms. The summed E-state index contributed by atoms with van der Waals surface area (Å²) in [5.41, 5.74) is 10.8. The van der Waals surface area contributed by atoms with Gasteiger partial charge in [0.05, 0.1) is 24.4 Å². The van der Waals surface area contributed by atoms with Gasteiger partial charge in [0.15, 0.2) is 0 Å². The number of nitrogens with two attached hydrogens (primary N) is 3. The molecule has 6 N–H and O–H groups in total. The number of amides is 1. The zero-order valence-electron chi connectivity index (χ0n) is 14.0. The maximum Gasteiger partial charge on any atom is 0.286 e. The predicted octanol–water partition coefficient (Wildman–Crippen LogP) is 0.972. The molecular weight excluding hydrogens is 349 g/mol. The monoisotopic (exact) mass is 369 g/mol. The van der Waals surface area contributed by atoms with Crippen LogP contribution in [-0.4, -0.2) is 34.3 Å². The Hall–Kier alpha value is -2.16. The second-order valence-electron chi connectivity index (χ2n) is 6.17. The van der Waals surface area contributed by atoms with Gasteiger partial charge >= 0.3 is 0 Å². The molecule has 0 bridgehead atoms. The van der Waals surface area contributed by atoms with Crippen molar-refractivity contribution in [3.05, 3.63) is 47.0 Å². The minimum absolute atomic E-state index is 0.0382. The summed E-state index contributed by atoms with van der Waals surface area (Å²) >= 11 is 5.99. The van der Waals surface area contributed by atoms with Crippen LogP contribution in [0.1, 0.15) is 19.4 Å². The van der Waals surface area contributed by atoms with Gasteiger partial charge in [-0.3, -0.25) is 14.8 Å². The zero-order valence-corrected chi connectivity index (χ0v) is 14.8. The van der Waals surface area contributed by atoms with Crippen LogP contribution in [0.2, 0.25) is 0 Å². The fraction of sp³-hybridized carbons (Fsp3) is 0.375. The molecule has 7 nitrogen and oxygen atoms in total. The topological polar surface area (TPSA) is 120 Å². The van der Waals surface area contributed by atoms with E-state index in [9.17, 15) is 9.18 Å². The lowest BCUT2D eigenvalue weighted by Crippen LogP contribution is -2.66. The molecule has 2 rings (SSSR count). The van der Waals surface area contributed by atoms with E-state index in [1.54, 1.807) is 32.0 Å². The van der Waals surface area contributed by atoms with Crippen LogP contribution in [0.15, 0.2) is 40.7 Å². The largest absolute Gasteiger partial charge is 0.394 e. The zero-order chi connectivity index (χ0) is 18.8. The Kier molecular flexibility index (Phi) is 5.66. The van der Waals surface area contributed by atoms with E-state index in [4.69, 9.17) is 33.6 Å². The number of aliphatic imine (C=N–C) groups is 1. The highest BCUT2D eigenvalue weighted by Crippen LogP contribution is 2.29. The number of allylic oxidation sites excluding steroid dienone is 1. The molecule has 1 aliphatic heterocycles. The fourth-order valence-corrected chi connectivity index (χ4v) is 2.44. The van der Waals surface area contributed by atoms with Crippen molar-refractivity contribution in [2.45, 2.75) is 32.0 Å². The SMILES string of the molecule is CC1(C)OCC1N(N)C(=O)/C(N)=C(\N)C(Cl)=NCc1ccccc1F. The van der Waals surface area contributed by atoms with Crippen LogP contribution < -0.4 is 17.3 Å². The molecule has 1 unspecified atom stereocenters. The number of ether oxygens (including phenoxy) is 1. The van der Waals surface area contributed by atoms with Crippen molar-refractivity contribution in [2.24, 2.45) is 22.3 Å². The minimum atomic E-state index is -0.682. The summed E-state index contributed by atoms with van der Waals surface area (Å²) in [5, 5.41) is 0.791. The van der Waals surface area contributed by atoms with Gasteiger partial charge in [0.2, 0.25) is 0 Å². The molecule has 25 heavy (non-hydrogen) atoms. The smallest absolute Gasteiger partial charge is 0.286 e. The number of hydrazine groups is 1. The molecule has 1 fully saturated rings. The summed E-state index contributed by atoms with van der Waals surface area (Å²) in [6, 6.07) is 5.78. The molecule has 1 aromatic rings. The molecule has 1 aliphatic rings. The highest BCUT2D eigenvalue weighted by Gasteiger charge is 2.45. The molecule has 0 aliphatic carbocycles. The first kappa shape index (κ1) is 19.2. The summed E-state index contributed by atoms with van der Waals surface area (Å²) in [5.74, 6) is 4.73. The van der Waals surface area contributed by atoms with Gasteiger partial charge in [0.1, 0.15) is 22.7 Å². The fourth-order valence-electron chi connectivity index (χ4n) is 2.28. The van der Waals surface area contributed by atoms with Crippen molar-refractivity contribution in [3.8, 4) is 0 Å². The van der Waals surface area contributed by atoms with E-state index in [1.165, 1.54) is 6.07 Å². The van der Waals surface area contributed by atoms with E-state index in [0.717, 1.165) is 5.01 Å². The summed E-state index contributed by atoms with van der Waals surface area (Å²) in [6.07, 6.45) is 0. The van der Waals surface area contributed by atoms with Crippen molar-refractivity contribution < 1.29 is 13.9 Å². The molecule has 1 amide bonds. The van der Waals surface area contributed by atoms with Gasteiger partial charge in [-0.1, -0.05) is 29.8 Å². The van der Waals surface area contributed by atoms with E-state index >= 15 is 0 Å². The van der Waals surface area contributed by atoms with Crippen LogP contribution in [0.5, 0.6) is 0 Å². The number of hydrogen-bond acceptors (Lipinski definition) is 6. The van der Waals surface area contributed by atoms with Gasteiger partial charge in [-0.15, -0.1) is 0 Å². The first-order valence-electron chi connectivity index (χ1n) is 7.56. The molecule has 0 saturated carbocycles. The van der Waals surface area contributed by atoms with Crippen LogP contribution in [0, 0.1) is 5.82 Å². The van der Waals surface area contributed by atoms with E-state index < -0.39 is 17.3 Å². The Morgan fingerprint density at radius 1 is 1.40 bits per heavy atom. The van der Waals surface area contributed by atoms with Crippen molar-refractivity contribution in [1.82, 2.24) is 5.01 Å². The molecule has 0 radical (unpaired) electrons. The summed E-state index contributed by atoms with van der Waals surface area (Å²) in [7, 11) is 0. The number of carbonyl (C=O) groups is 1. The van der Waals surface area contributed by atoms with Gasteiger partial charge in [-0.05, 0) is 19.9 Å². The minimum Gasteiger partial charge on any atom is -0.394 e. The Labute approximate surface area is 150 Å². The Balaban J connectivity index is 2.12. The summed E-state index contributed by atoms with van der Waals surface area (Å²) in [4.78, 5) is 16.3. The van der Waals surface area contributed by atoms with E-state index in [2.05, 4.69) is 4.99 Å². The van der Waals surface area contributed by atoms with Crippen LogP contribution in [0.25, 0.3) is 0 Å². The second kappa shape index (κ2) is 7.38. The molecule has 1 saturated heterocycles. The van der Waals surface area contributed by atoms with Crippen LogP contribution >= 0.6 is 11.6 Å². The third-order valence-corrected chi connectivity index (χ3v) is 4.40. The lowest BCUT2D eigenvalue weighted by Gasteiger charge is -2.48. The van der Waals surface area contributed by atoms with E-state index in [1.807, 2.05) is 0 Å². The number of rotatable bonds is 5. The van der Waals surface area contributed by atoms with Gasteiger partial charge in [0.25, 0.3) is 5.91 Å². The number of hydrogen-bond donors (Lipinski definition) is 3. The van der Waals surface area contributed by atoms with Crippen LogP contribution in [0.3, 0.4) is 0 Å². The van der Waals surface area contributed by atoms with E-state index in [-0.39, 0.29) is 29.2 Å². The van der Waals surface area contributed by atoms with Gasteiger partial charge in [-0.25, -0.2) is 10.2 Å². The summed E-state index contributed by atoms with van der Waals surface area (Å²) in [6.45, 7) is 3.88. The van der Waals surface area contributed by atoms with Crippen molar-refractivity contribution >= 4 is 22.7 Å². The lowest BCUT2D eigenvalue weighted by molar-refractivity contribution is -0.197. The first-order valence-corrected chi connectivity index (χ1v) is 7.94. The van der Waals surface area contributed by atoms with Crippen molar-refractivity contribution in [1.29, 1.82) is 0 Å². The molecule has 0 spiro atoms. The van der Waals surface area contributed by atoms with Crippen LogP contribution in [0.4, 0.5) is 4.39 Å². The highest BCUT2D eigenvalue weighted by atomic mass is 35.5. The highest BCUT2D eigenvalue weighted by molar-refractivity contribution is 6.69. The Morgan fingerprint density at radius 3 is 2.56 bits per heavy atom. The standard InChI is InChI=1S/C16H21ClFN5O2/c1-16(2)11(8-25-16)23(21)15(24)13(20)12(19)14(17)22-7-9-5-3-4-6-10(9)18/h3-6,11H,7-8,19-21H2,1-2H3/b13-12+,22-14?. The molecule has 1 aromatic carbocycles. The van der Waals surface area contributed by atoms with Gasteiger partial charge in [-0.2, -0.15) is 0 Å². The maximum atomic E-state index is 13.6. The predicted molar refractivity (Wildman–Crippen MR) is 93.6 cm³/mol. The molecule has 0 aromatic heterocycles. The third-order valence-electron chi connectivity index (χ3n) is 4.07. The Bertz CT molecular complexity index is 735. The van der Waals surface area contributed by atoms with Crippen LogP contribution in [-0.2, 0) is 16.1 Å². The average molecular weight is 370 g/mol. The second-order valence-corrected chi connectivity index (χ2v) is 6.53. The molecule has 1 heterocycles.